The molecule has 0 aromatic heterocycles. The van der Waals surface area contributed by atoms with Crippen LogP contribution in [0.15, 0.2) is 11.6 Å². The fourth-order valence-corrected chi connectivity index (χ4v) is 11.6. The SMILES string of the molecule is CC(=O)OC1CC[C@@]2(C)C(CC[C@]3(C)C2CC=C2C4[C@@H](C)[C@H](C)CC[C@]4(C(=O)NCCO)CC[C@]23C)C1(C)C. The zero-order chi connectivity index (χ0) is 28.6. The van der Waals surface area contributed by atoms with Crippen LogP contribution >= 0.6 is 0 Å². The van der Waals surface area contributed by atoms with Crippen LogP contribution in [0.2, 0.25) is 0 Å². The van der Waals surface area contributed by atoms with Crippen molar-refractivity contribution in [2.45, 2.75) is 119 Å². The minimum absolute atomic E-state index is 0.0000163. The molecule has 0 radical (unpaired) electrons. The molecule has 4 saturated carbocycles. The smallest absolute Gasteiger partial charge is 0.302 e. The molecule has 5 nitrogen and oxygen atoms in total. The summed E-state index contributed by atoms with van der Waals surface area (Å²) in [6, 6.07) is 0. The Bertz CT molecular complexity index is 1030. The van der Waals surface area contributed by atoms with Crippen molar-refractivity contribution in [2.75, 3.05) is 13.2 Å². The minimum atomic E-state index is -0.346. The van der Waals surface area contributed by atoms with Crippen LogP contribution in [0, 0.1) is 56.7 Å². The van der Waals surface area contributed by atoms with Gasteiger partial charge in [0, 0.05) is 18.9 Å². The number of carbonyl (C=O) groups excluding carboxylic acids is 2. The highest BCUT2D eigenvalue weighted by molar-refractivity contribution is 5.84. The summed E-state index contributed by atoms with van der Waals surface area (Å²) in [5.41, 5.74) is 1.67. The molecule has 4 fully saturated rings. The van der Waals surface area contributed by atoms with Crippen molar-refractivity contribution in [3.63, 3.8) is 0 Å². The van der Waals surface area contributed by atoms with E-state index in [-0.39, 0.29) is 57.6 Å². The van der Waals surface area contributed by atoms with Crippen LogP contribution in [0.5, 0.6) is 0 Å². The summed E-state index contributed by atoms with van der Waals surface area (Å²) in [5.74, 6) is 2.49. The number of allylic oxidation sites excluding steroid dienone is 2. The number of hydrogen-bond donors (Lipinski definition) is 2. The van der Waals surface area contributed by atoms with E-state index >= 15 is 0 Å². The number of rotatable bonds is 4. The van der Waals surface area contributed by atoms with Gasteiger partial charge in [0.15, 0.2) is 0 Å². The van der Waals surface area contributed by atoms with Crippen LogP contribution in [0.25, 0.3) is 0 Å². The van der Waals surface area contributed by atoms with Gasteiger partial charge in [0.2, 0.25) is 5.91 Å². The maximum atomic E-state index is 13.8. The Kier molecular flexibility index (Phi) is 7.17. The van der Waals surface area contributed by atoms with Crippen molar-refractivity contribution in [3.05, 3.63) is 11.6 Å². The molecule has 5 rings (SSSR count). The Balaban J connectivity index is 1.54. The van der Waals surface area contributed by atoms with E-state index < -0.39 is 0 Å². The number of carbonyl (C=O) groups is 2. The zero-order valence-corrected chi connectivity index (χ0v) is 26.0. The van der Waals surface area contributed by atoms with Crippen molar-refractivity contribution >= 4 is 11.9 Å². The average molecular weight is 542 g/mol. The van der Waals surface area contributed by atoms with Gasteiger partial charge in [0.1, 0.15) is 6.10 Å². The molecule has 0 spiro atoms. The molecule has 1 amide bonds. The monoisotopic (exact) mass is 541 g/mol. The predicted octanol–water partition coefficient (Wildman–Crippen LogP) is 6.68. The minimum Gasteiger partial charge on any atom is -0.462 e. The second-order valence-electron chi connectivity index (χ2n) is 15.7. The van der Waals surface area contributed by atoms with Gasteiger partial charge in [-0.3, -0.25) is 9.59 Å². The second kappa shape index (κ2) is 9.60. The van der Waals surface area contributed by atoms with Crippen molar-refractivity contribution in [1.82, 2.24) is 5.32 Å². The van der Waals surface area contributed by atoms with E-state index in [0.29, 0.717) is 30.2 Å². The fourth-order valence-electron chi connectivity index (χ4n) is 11.6. The molecule has 220 valence electrons. The normalized spacial score (nSPS) is 48.4. The van der Waals surface area contributed by atoms with E-state index in [9.17, 15) is 14.7 Å². The molecule has 0 aliphatic heterocycles. The molecular weight excluding hydrogens is 486 g/mol. The highest BCUT2D eigenvalue weighted by Crippen LogP contribution is 2.75. The van der Waals surface area contributed by atoms with Gasteiger partial charge in [0.05, 0.1) is 12.0 Å². The van der Waals surface area contributed by atoms with E-state index in [4.69, 9.17) is 4.74 Å². The molecule has 2 N–H and O–H groups in total. The average Bonchev–Trinajstić information content (AvgIpc) is 2.86. The number of aliphatic hydroxyl groups is 1. The van der Waals surface area contributed by atoms with Gasteiger partial charge < -0.3 is 15.2 Å². The first kappa shape index (κ1) is 29.1. The van der Waals surface area contributed by atoms with Gasteiger partial charge >= 0.3 is 5.97 Å². The third kappa shape index (κ3) is 3.94. The number of aliphatic hydroxyl groups excluding tert-OH is 1. The summed E-state index contributed by atoms with van der Waals surface area (Å²) >= 11 is 0. The molecule has 39 heavy (non-hydrogen) atoms. The van der Waals surface area contributed by atoms with Crippen LogP contribution in [0.3, 0.4) is 0 Å². The van der Waals surface area contributed by atoms with E-state index in [1.54, 1.807) is 12.5 Å². The number of hydrogen-bond acceptors (Lipinski definition) is 4. The standard InChI is InChI=1S/C34H55NO4/c1-21-11-16-34(29(38)35-19-20-36)18-17-32(7)24(28(34)22(21)2)9-10-26-31(6)14-13-27(39-23(3)37)30(4,5)25(31)12-15-33(26,32)8/h9,21-22,25-28,36H,10-20H2,1-8H3,(H,35,38)/t21-,22+,25?,26?,27?,28?,31+,32-,33-,34+/m1/s1. The quantitative estimate of drug-likeness (QED) is 0.307. The first-order valence-electron chi connectivity index (χ1n) is 16.0. The van der Waals surface area contributed by atoms with E-state index in [1.807, 2.05) is 0 Å². The van der Waals surface area contributed by atoms with Gasteiger partial charge in [-0.1, -0.05) is 60.1 Å². The van der Waals surface area contributed by atoms with Gasteiger partial charge in [0.25, 0.3) is 0 Å². The van der Waals surface area contributed by atoms with Crippen LogP contribution in [-0.4, -0.2) is 36.2 Å². The molecule has 0 aromatic rings. The third-order valence-electron chi connectivity index (χ3n) is 14.1. The zero-order valence-electron chi connectivity index (χ0n) is 26.0. The molecule has 5 aliphatic rings. The molecule has 0 bridgehead atoms. The van der Waals surface area contributed by atoms with Crippen molar-refractivity contribution in [2.24, 2.45) is 56.7 Å². The van der Waals surface area contributed by atoms with Crippen LogP contribution in [0.1, 0.15) is 113 Å². The van der Waals surface area contributed by atoms with Gasteiger partial charge in [-0.05, 0) is 104 Å². The highest BCUT2D eigenvalue weighted by Gasteiger charge is 2.69. The first-order valence-corrected chi connectivity index (χ1v) is 16.0. The van der Waals surface area contributed by atoms with Crippen LogP contribution in [-0.2, 0) is 14.3 Å². The lowest BCUT2D eigenvalue weighted by atomic mass is 9.33. The number of esters is 1. The molecule has 5 heteroatoms. The number of nitrogens with one attached hydrogen (secondary N) is 1. The second-order valence-corrected chi connectivity index (χ2v) is 15.7. The van der Waals surface area contributed by atoms with E-state index in [2.05, 4.69) is 59.9 Å². The summed E-state index contributed by atoms with van der Waals surface area (Å²) in [5, 5.41) is 12.6. The van der Waals surface area contributed by atoms with E-state index in [0.717, 1.165) is 44.9 Å². The van der Waals surface area contributed by atoms with Gasteiger partial charge in [-0.2, -0.15) is 0 Å². The topological polar surface area (TPSA) is 75.6 Å². The Morgan fingerprint density at radius 2 is 1.69 bits per heavy atom. The summed E-state index contributed by atoms with van der Waals surface area (Å²) in [4.78, 5) is 25.8. The highest BCUT2D eigenvalue weighted by atomic mass is 16.5. The summed E-state index contributed by atoms with van der Waals surface area (Å²) in [7, 11) is 0. The molecular formula is C34H55NO4. The lowest BCUT2D eigenvalue weighted by Gasteiger charge is -2.71. The van der Waals surface area contributed by atoms with Crippen molar-refractivity contribution < 1.29 is 19.4 Å². The Morgan fingerprint density at radius 1 is 0.974 bits per heavy atom. The maximum absolute atomic E-state index is 13.8. The Hall–Kier alpha value is -1.36. The van der Waals surface area contributed by atoms with Crippen molar-refractivity contribution in [1.29, 1.82) is 0 Å². The molecule has 5 aliphatic carbocycles. The van der Waals surface area contributed by atoms with Gasteiger partial charge in [-0.15, -0.1) is 0 Å². The summed E-state index contributed by atoms with van der Waals surface area (Å²) in [6.45, 7) is 19.1. The third-order valence-corrected chi connectivity index (χ3v) is 14.1. The lowest BCUT2D eigenvalue weighted by molar-refractivity contribution is -0.212. The molecule has 4 unspecified atom stereocenters. The number of amides is 1. The summed E-state index contributed by atoms with van der Waals surface area (Å²) < 4.78 is 5.91. The van der Waals surface area contributed by atoms with Crippen LogP contribution < -0.4 is 5.32 Å². The molecule has 10 atom stereocenters. The number of ether oxygens (including phenoxy) is 1. The van der Waals surface area contributed by atoms with Crippen molar-refractivity contribution in [3.8, 4) is 0 Å². The maximum Gasteiger partial charge on any atom is 0.302 e. The largest absolute Gasteiger partial charge is 0.462 e. The first-order chi connectivity index (χ1) is 18.2. The van der Waals surface area contributed by atoms with Crippen LogP contribution in [0.4, 0.5) is 0 Å². The molecule has 0 aromatic carbocycles. The summed E-state index contributed by atoms with van der Waals surface area (Å²) in [6.07, 6.45) is 12.2. The molecule has 0 heterocycles. The van der Waals surface area contributed by atoms with E-state index in [1.165, 1.54) is 12.8 Å². The number of fused-ring (bicyclic) bond motifs is 7. The Morgan fingerprint density at radius 3 is 2.36 bits per heavy atom. The fraction of sp³-hybridized carbons (Fsp3) is 0.882. The lowest BCUT2D eigenvalue weighted by Crippen LogP contribution is -2.66. The molecule has 0 saturated heterocycles. The Labute approximate surface area is 237 Å². The van der Waals surface area contributed by atoms with Gasteiger partial charge in [-0.25, -0.2) is 0 Å². The predicted molar refractivity (Wildman–Crippen MR) is 155 cm³/mol.